The molecule has 0 aliphatic rings. The number of nitrogens with one attached hydrogen (secondary N) is 1. The lowest BCUT2D eigenvalue weighted by Crippen LogP contribution is -2.49. The SMILES string of the molecule is CC(C)NC(=O)[C@H](C)N(Cc1ccc(Cl)c(Cl)c1)C(=O)CSCc1ccc(Br)cc1. The van der Waals surface area contributed by atoms with Gasteiger partial charge in [-0.25, -0.2) is 0 Å². The second-order valence-electron chi connectivity index (χ2n) is 7.23. The van der Waals surface area contributed by atoms with Gasteiger partial charge in [0.2, 0.25) is 11.8 Å². The Kier molecular flexibility index (Phi) is 10.0. The van der Waals surface area contributed by atoms with Crippen LogP contribution in [0.5, 0.6) is 0 Å². The van der Waals surface area contributed by atoms with Crippen molar-refractivity contribution in [2.75, 3.05) is 5.75 Å². The summed E-state index contributed by atoms with van der Waals surface area (Å²) in [7, 11) is 0. The standard InChI is InChI=1S/C22H25BrCl2N2O2S/c1-14(2)26-22(29)15(3)27(11-17-6-9-19(24)20(25)10-17)21(28)13-30-12-16-4-7-18(23)8-5-16/h4-10,14-15H,11-13H2,1-3H3,(H,26,29)/t15-/m0/s1. The van der Waals surface area contributed by atoms with Crippen LogP contribution in [0.4, 0.5) is 0 Å². The van der Waals surface area contributed by atoms with Gasteiger partial charge in [0.05, 0.1) is 15.8 Å². The summed E-state index contributed by atoms with van der Waals surface area (Å²) in [5.41, 5.74) is 1.96. The quantitative estimate of drug-likeness (QED) is 0.436. The van der Waals surface area contributed by atoms with Gasteiger partial charge in [0.25, 0.3) is 0 Å². The van der Waals surface area contributed by atoms with E-state index < -0.39 is 6.04 Å². The third kappa shape index (κ3) is 7.80. The lowest BCUT2D eigenvalue weighted by Gasteiger charge is -2.29. The van der Waals surface area contributed by atoms with Crippen molar-refractivity contribution < 1.29 is 9.59 Å². The minimum atomic E-state index is -0.609. The van der Waals surface area contributed by atoms with Gasteiger partial charge in [0.15, 0.2) is 0 Å². The van der Waals surface area contributed by atoms with Crippen molar-refractivity contribution in [1.82, 2.24) is 10.2 Å². The number of halogens is 3. The molecule has 8 heteroatoms. The molecule has 4 nitrogen and oxygen atoms in total. The first kappa shape index (κ1) is 25.1. The highest BCUT2D eigenvalue weighted by Crippen LogP contribution is 2.24. The molecule has 0 aromatic heterocycles. The summed E-state index contributed by atoms with van der Waals surface area (Å²) in [5.74, 6) is 0.703. The summed E-state index contributed by atoms with van der Waals surface area (Å²) in [6, 6.07) is 12.6. The van der Waals surface area contributed by atoms with Gasteiger partial charge in [0, 0.05) is 22.8 Å². The summed E-state index contributed by atoms with van der Waals surface area (Å²) in [6.45, 7) is 5.81. The first-order chi connectivity index (χ1) is 14.2. The van der Waals surface area contributed by atoms with Crippen LogP contribution in [0.3, 0.4) is 0 Å². The van der Waals surface area contributed by atoms with Crippen LogP contribution >= 0.6 is 50.9 Å². The zero-order valence-corrected chi connectivity index (χ0v) is 21.0. The molecule has 0 radical (unpaired) electrons. The van der Waals surface area contributed by atoms with Crippen molar-refractivity contribution in [3.63, 3.8) is 0 Å². The summed E-state index contributed by atoms with van der Waals surface area (Å²) >= 11 is 17.1. The third-order valence-electron chi connectivity index (χ3n) is 4.34. The van der Waals surface area contributed by atoms with Gasteiger partial charge >= 0.3 is 0 Å². The van der Waals surface area contributed by atoms with E-state index in [0.717, 1.165) is 15.6 Å². The fraction of sp³-hybridized carbons (Fsp3) is 0.364. The number of amides is 2. The summed E-state index contributed by atoms with van der Waals surface area (Å²) in [6.07, 6.45) is 0. The minimum absolute atomic E-state index is 0.00587. The second kappa shape index (κ2) is 12.0. The van der Waals surface area contributed by atoms with Crippen molar-refractivity contribution in [2.24, 2.45) is 0 Å². The number of thioether (sulfide) groups is 1. The maximum absolute atomic E-state index is 13.0. The number of benzene rings is 2. The van der Waals surface area contributed by atoms with Crippen molar-refractivity contribution in [3.8, 4) is 0 Å². The van der Waals surface area contributed by atoms with Crippen LogP contribution in [0.2, 0.25) is 10.0 Å². The van der Waals surface area contributed by atoms with Crippen molar-refractivity contribution in [3.05, 3.63) is 68.1 Å². The number of hydrogen-bond acceptors (Lipinski definition) is 3. The van der Waals surface area contributed by atoms with E-state index in [1.54, 1.807) is 24.0 Å². The van der Waals surface area contributed by atoms with Crippen LogP contribution in [-0.4, -0.2) is 34.6 Å². The van der Waals surface area contributed by atoms with E-state index in [4.69, 9.17) is 23.2 Å². The van der Waals surface area contributed by atoms with Gasteiger partial charge < -0.3 is 10.2 Å². The number of hydrogen-bond donors (Lipinski definition) is 1. The molecule has 0 unspecified atom stereocenters. The summed E-state index contributed by atoms with van der Waals surface area (Å²) in [5, 5.41) is 3.75. The van der Waals surface area contributed by atoms with E-state index in [0.29, 0.717) is 15.8 Å². The molecule has 0 saturated carbocycles. The summed E-state index contributed by atoms with van der Waals surface area (Å²) < 4.78 is 1.02. The van der Waals surface area contributed by atoms with Gasteiger partial charge in [-0.1, -0.05) is 57.3 Å². The fourth-order valence-electron chi connectivity index (χ4n) is 2.74. The highest BCUT2D eigenvalue weighted by molar-refractivity contribution is 9.10. The number of carbonyl (C=O) groups excluding carboxylic acids is 2. The minimum Gasteiger partial charge on any atom is -0.352 e. The van der Waals surface area contributed by atoms with Crippen molar-refractivity contribution in [2.45, 2.75) is 45.2 Å². The number of rotatable bonds is 9. The lowest BCUT2D eigenvalue weighted by atomic mass is 10.1. The Balaban J connectivity index is 2.09. The van der Waals surface area contributed by atoms with Gasteiger partial charge in [0.1, 0.15) is 6.04 Å². The topological polar surface area (TPSA) is 49.4 Å². The highest BCUT2D eigenvalue weighted by atomic mass is 79.9. The number of carbonyl (C=O) groups is 2. The Morgan fingerprint density at radius 2 is 1.67 bits per heavy atom. The van der Waals surface area contributed by atoms with E-state index in [1.165, 1.54) is 11.8 Å². The molecule has 30 heavy (non-hydrogen) atoms. The van der Waals surface area contributed by atoms with E-state index >= 15 is 0 Å². The first-order valence-corrected chi connectivity index (χ1v) is 12.2. The predicted molar refractivity (Wildman–Crippen MR) is 130 cm³/mol. The predicted octanol–water partition coefficient (Wildman–Crippen LogP) is 5.93. The molecule has 1 atom stereocenters. The van der Waals surface area contributed by atoms with Gasteiger partial charge in [-0.2, -0.15) is 0 Å². The first-order valence-electron chi connectivity index (χ1n) is 9.53. The smallest absolute Gasteiger partial charge is 0.242 e. The highest BCUT2D eigenvalue weighted by Gasteiger charge is 2.26. The molecule has 0 bridgehead atoms. The Hall–Kier alpha value is -1.21. The van der Waals surface area contributed by atoms with Gasteiger partial charge in [-0.3, -0.25) is 9.59 Å². The van der Waals surface area contributed by atoms with Crippen molar-refractivity contribution in [1.29, 1.82) is 0 Å². The van der Waals surface area contributed by atoms with E-state index in [9.17, 15) is 9.59 Å². The van der Waals surface area contributed by atoms with Gasteiger partial charge in [-0.05, 0) is 56.2 Å². The molecule has 0 aliphatic carbocycles. The van der Waals surface area contributed by atoms with Crippen LogP contribution in [0, 0.1) is 0 Å². The van der Waals surface area contributed by atoms with Crippen LogP contribution in [-0.2, 0) is 21.9 Å². The molecule has 0 aliphatic heterocycles. The van der Waals surface area contributed by atoms with E-state index in [-0.39, 0.29) is 30.2 Å². The molecular weight excluding hydrogens is 507 g/mol. The Bertz CT molecular complexity index is 878. The van der Waals surface area contributed by atoms with E-state index in [2.05, 4.69) is 21.2 Å². The van der Waals surface area contributed by atoms with Crippen LogP contribution < -0.4 is 5.32 Å². The maximum Gasteiger partial charge on any atom is 0.242 e. The Morgan fingerprint density at radius 1 is 1.03 bits per heavy atom. The zero-order chi connectivity index (χ0) is 22.3. The van der Waals surface area contributed by atoms with Crippen LogP contribution in [0.15, 0.2) is 46.9 Å². The number of nitrogens with zero attached hydrogens (tertiary/aromatic N) is 1. The lowest BCUT2D eigenvalue weighted by molar-refractivity contribution is -0.138. The maximum atomic E-state index is 13.0. The molecule has 0 fully saturated rings. The van der Waals surface area contributed by atoms with E-state index in [1.807, 2.05) is 44.2 Å². The average molecular weight is 532 g/mol. The Labute approximate surface area is 200 Å². The molecule has 162 valence electrons. The second-order valence-corrected chi connectivity index (χ2v) is 9.94. The monoisotopic (exact) mass is 530 g/mol. The third-order valence-corrected chi connectivity index (χ3v) is 6.60. The molecular formula is C22H25BrCl2N2O2S. The fourth-order valence-corrected chi connectivity index (χ4v) is 4.20. The average Bonchev–Trinajstić information content (AvgIpc) is 2.69. The molecule has 2 amide bonds. The Morgan fingerprint density at radius 3 is 2.27 bits per heavy atom. The molecule has 2 aromatic carbocycles. The molecule has 1 N–H and O–H groups in total. The molecule has 0 saturated heterocycles. The molecule has 2 rings (SSSR count). The van der Waals surface area contributed by atoms with Crippen LogP contribution in [0.25, 0.3) is 0 Å². The largest absolute Gasteiger partial charge is 0.352 e. The normalized spacial score (nSPS) is 12.0. The van der Waals surface area contributed by atoms with Crippen molar-refractivity contribution >= 4 is 62.7 Å². The summed E-state index contributed by atoms with van der Waals surface area (Å²) in [4.78, 5) is 27.2. The molecule has 0 heterocycles. The van der Waals surface area contributed by atoms with Crippen LogP contribution in [0.1, 0.15) is 31.9 Å². The zero-order valence-electron chi connectivity index (χ0n) is 17.1. The molecule has 0 spiro atoms. The van der Waals surface area contributed by atoms with Gasteiger partial charge in [-0.15, -0.1) is 11.8 Å². The molecule has 2 aromatic rings.